The number of carbonyl (C=O) groups excluding carboxylic acids is 1. The molecule has 7 rings (SSSR count). The van der Waals surface area contributed by atoms with Crippen LogP contribution in [0.4, 0.5) is 0 Å². The highest BCUT2D eigenvalue weighted by atomic mass is 16.1. The highest BCUT2D eigenvalue weighted by molar-refractivity contribution is 6.07. The molecule has 0 atom stereocenters. The van der Waals surface area contributed by atoms with Crippen molar-refractivity contribution in [2.75, 3.05) is 0 Å². The monoisotopic (exact) mass is 392 g/mol. The van der Waals surface area contributed by atoms with Gasteiger partial charge in [-0.15, -0.1) is 0 Å². The zero-order valence-electron chi connectivity index (χ0n) is 17.9. The summed E-state index contributed by atoms with van der Waals surface area (Å²) in [6, 6.07) is 2.31. The Morgan fingerprint density at radius 3 is 2.31 bits per heavy atom. The van der Waals surface area contributed by atoms with Crippen molar-refractivity contribution in [1.29, 1.82) is 0 Å². The van der Waals surface area contributed by atoms with Gasteiger partial charge in [-0.05, 0) is 96.0 Å². The zero-order chi connectivity index (χ0) is 19.9. The Hall–Kier alpha value is -1.91. The molecule has 1 N–H and O–H groups in total. The summed E-state index contributed by atoms with van der Waals surface area (Å²) in [6.07, 6.45) is 10.1. The van der Waals surface area contributed by atoms with Crippen LogP contribution in [0.15, 0.2) is 6.07 Å². The second kappa shape index (κ2) is 6.05. The number of pyridine rings is 1. The Bertz CT molecular complexity index is 965. The van der Waals surface area contributed by atoms with E-state index >= 15 is 0 Å². The average molecular weight is 393 g/mol. The lowest BCUT2D eigenvalue weighted by Gasteiger charge is -2.56. The van der Waals surface area contributed by atoms with Crippen molar-refractivity contribution in [1.82, 2.24) is 20.1 Å². The van der Waals surface area contributed by atoms with Gasteiger partial charge in [0.15, 0.2) is 5.65 Å². The number of nitrogens with one attached hydrogen (secondary N) is 1. The molecule has 2 heterocycles. The van der Waals surface area contributed by atoms with E-state index in [1.807, 2.05) is 11.6 Å². The Balaban J connectivity index is 1.41. The summed E-state index contributed by atoms with van der Waals surface area (Å²) in [4.78, 5) is 18.7. The molecular weight excluding hydrogens is 360 g/mol. The molecule has 5 heteroatoms. The van der Waals surface area contributed by atoms with Gasteiger partial charge in [-0.2, -0.15) is 5.10 Å². The first-order valence-electron chi connectivity index (χ1n) is 11.6. The Kier molecular flexibility index (Phi) is 3.74. The summed E-state index contributed by atoms with van der Waals surface area (Å²) in [5.41, 5.74) is 3.71. The SMILES string of the molecule is Cc1nn(C(C)C)c2nc(C3CC3)cc(C(=O)NC34CC5CC(CC(C5)C3)C4)c12. The van der Waals surface area contributed by atoms with Gasteiger partial charge < -0.3 is 5.32 Å². The second-order valence-corrected chi connectivity index (χ2v) is 10.8. The fourth-order valence-electron chi connectivity index (χ4n) is 7.03. The van der Waals surface area contributed by atoms with Crippen molar-refractivity contribution < 1.29 is 4.79 Å². The van der Waals surface area contributed by atoms with Gasteiger partial charge in [-0.25, -0.2) is 9.67 Å². The van der Waals surface area contributed by atoms with Crippen molar-refractivity contribution in [2.45, 2.75) is 89.6 Å². The smallest absolute Gasteiger partial charge is 0.252 e. The Labute approximate surface area is 172 Å². The molecule has 0 aliphatic heterocycles. The minimum atomic E-state index is 0.0309. The van der Waals surface area contributed by atoms with Crippen LogP contribution in [-0.4, -0.2) is 26.2 Å². The van der Waals surface area contributed by atoms with Crippen molar-refractivity contribution >= 4 is 16.9 Å². The molecule has 5 aliphatic carbocycles. The van der Waals surface area contributed by atoms with Gasteiger partial charge in [0.25, 0.3) is 5.91 Å². The van der Waals surface area contributed by atoms with E-state index in [0.717, 1.165) is 45.7 Å². The molecule has 4 bridgehead atoms. The van der Waals surface area contributed by atoms with Gasteiger partial charge in [0.1, 0.15) is 0 Å². The standard InChI is InChI=1S/C24H32N4O/c1-13(2)28-22-21(14(3)27-28)19(9-20(25-22)18-4-5-18)23(29)26-24-10-15-6-16(11-24)8-17(7-15)12-24/h9,13,15-18H,4-8,10-12H2,1-3H3,(H,26,29). The highest BCUT2D eigenvalue weighted by Crippen LogP contribution is 2.55. The summed E-state index contributed by atoms with van der Waals surface area (Å²) in [6.45, 7) is 6.28. The second-order valence-electron chi connectivity index (χ2n) is 10.8. The number of carbonyl (C=O) groups is 1. The van der Waals surface area contributed by atoms with Gasteiger partial charge in [0.05, 0.1) is 16.6 Å². The van der Waals surface area contributed by atoms with E-state index in [0.29, 0.717) is 5.92 Å². The van der Waals surface area contributed by atoms with E-state index in [1.54, 1.807) is 0 Å². The van der Waals surface area contributed by atoms with Crippen LogP contribution in [0.2, 0.25) is 0 Å². The maximum Gasteiger partial charge on any atom is 0.252 e. The van der Waals surface area contributed by atoms with E-state index < -0.39 is 0 Å². The topological polar surface area (TPSA) is 59.8 Å². The molecule has 5 aliphatic rings. The Morgan fingerprint density at radius 1 is 1.14 bits per heavy atom. The van der Waals surface area contributed by atoms with Crippen LogP contribution in [0.3, 0.4) is 0 Å². The lowest BCUT2D eigenvalue weighted by Crippen LogP contribution is -2.59. The van der Waals surface area contributed by atoms with E-state index in [2.05, 4.69) is 25.2 Å². The van der Waals surface area contributed by atoms with Gasteiger partial charge in [0.2, 0.25) is 0 Å². The number of aryl methyl sites for hydroxylation is 1. The zero-order valence-corrected chi connectivity index (χ0v) is 17.9. The molecule has 0 unspecified atom stereocenters. The summed E-state index contributed by atoms with van der Waals surface area (Å²) in [5.74, 6) is 3.10. The molecule has 0 spiro atoms. The van der Waals surface area contributed by atoms with Crippen LogP contribution < -0.4 is 5.32 Å². The molecule has 5 fully saturated rings. The van der Waals surface area contributed by atoms with E-state index in [1.165, 1.54) is 51.4 Å². The third-order valence-electron chi connectivity index (χ3n) is 8.00. The maximum atomic E-state index is 13.7. The minimum Gasteiger partial charge on any atom is -0.347 e. The minimum absolute atomic E-state index is 0.0309. The largest absolute Gasteiger partial charge is 0.347 e. The van der Waals surface area contributed by atoms with Gasteiger partial charge in [-0.3, -0.25) is 4.79 Å². The Morgan fingerprint density at radius 2 is 1.76 bits per heavy atom. The molecule has 1 amide bonds. The predicted octanol–water partition coefficient (Wildman–Crippen LogP) is 4.90. The molecule has 5 nitrogen and oxygen atoms in total. The van der Waals surface area contributed by atoms with Crippen LogP contribution in [0, 0.1) is 24.7 Å². The fraction of sp³-hybridized carbons (Fsp3) is 0.708. The number of nitrogens with zero attached hydrogens (tertiary/aromatic N) is 3. The maximum absolute atomic E-state index is 13.7. The van der Waals surface area contributed by atoms with E-state index in [9.17, 15) is 4.79 Å². The van der Waals surface area contributed by atoms with Crippen LogP contribution >= 0.6 is 0 Å². The summed E-state index contributed by atoms with van der Waals surface area (Å²) in [7, 11) is 0. The van der Waals surface area contributed by atoms with Crippen LogP contribution in [0.1, 0.15) is 98.9 Å². The van der Waals surface area contributed by atoms with Gasteiger partial charge in [0, 0.05) is 23.2 Å². The number of fused-ring (bicyclic) bond motifs is 1. The molecule has 29 heavy (non-hydrogen) atoms. The predicted molar refractivity (Wildman–Crippen MR) is 113 cm³/mol. The normalized spacial score (nSPS) is 33.0. The van der Waals surface area contributed by atoms with Crippen LogP contribution in [-0.2, 0) is 0 Å². The highest BCUT2D eigenvalue weighted by Gasteiger charge is 2.51. The van der Waals surface area contributed by atoms with Crippen molar-refractivity contribution in [3.63, 3.8) is 0 Å². The number of amides is 1. The van der Waals surface area contributed by atoms with E-state index in [4.69, 9.17) is 10.1 Å². The third kappa shape index (κ3) is 2.83. The van der Waals surface area contributed by atoms with Crippen molar-refractivity contribution in [3.05, 3.63) is 23.0 Å². The van der Waals surface area contributed by atoms with Crippen molar-refractivity contribution in [2.24, 2.45) is 17.8 Å². The average Bonchev–Trinajstić information content (AvgIpc) is 3.43. The molecule has 2 aromatic rings. The summed E-state index contributed by atoms with van der Waals surface area (Å²) >= 11 is 0. The molecule has 0 radical (unpaired) electrons. The first-order chi connectivity index (χ1) is 13.9. The van der Waals surface area contributed by atoms with E-state index in [-0.39, 0.29) is 17.5 Å². The molecule has 154 valence electrons. The lowest BCUT2D eigenvalue weighted by atomic mass is 9.53. The van der Waals surface area contributed by atoms with Gasteiger partial charge in [-0.1, -0.05) is 0 Å². The third-order valence-corrected chi connectivity index (χ3v) is 8.00. The number of hydrogen-bond acceptors (Lipinski definition) is 3. The number of hydrogen-bond donors (Lipinski definition) is 1. The molecule has 2 aromatic heterocycles. The van der Waals surface area contributed by atoms with Crippen LogP contribution in [0.25, 0.3) is 11.0 Å². The lowest BCUT2D eigenvalue weighted by molar-refractivity contribution is -0.0166. The molecule has 5 saturated carbocycles. The first-order valence-corrected chi connectivity index (χ1v) is 11.6. The van der Waals surface area contributed by atoms with Crippen molar-refractivity contribution in [3.8, 4) is 0 Å². The number of rotatable bonds is 4. The molecule has 0 saturated heterocycles. The molecule has 0 aromatic carbocycles. The summed E-state index contributed by atoms with van der Waals surface area (Å²) < 4.78 is 2.00. The summed E-state index contributed by atoms with van der Waals surface area (Å²) in [5, 5.41) is 9.28. The first kappa shape index (κ1) is 17.9. The van der Waals surface area contributed by atoms with Crippen LogP contribution in [0.5, 0.6) is 0 Å². The number of aromatic nitrogens is 3. The quantitative estimate of drug-likeness (QED) is 0.805. The van der Waals surface area contributed by atoms with Gasteiger partial charge >= 0.3 is 0 Å². The molecular formula is C24H32N4O. The fourth-order valence-corrected chi connectivity index (χ4v) is 7.03.